The molecule has 0 amide bonds. The van der Waals surface area contributed by atoms with E-state index in [1.165, 1.54) is 24.3 Å². The van der Waals surface area contributed by atoms with Gasteiger partial charge in [0, 0.05) is 0 Å². The summed E-state index contributed by atoms with van der Waals surface area (Å²) in [5.41, 5.74) is 21.2. The van der Waals surface area contributed by atoms with Crippen LogP contribution >= 0.6 is 0 Å². The molecule has 0 radical (unpaired) electrons. The molecule has 0 aliphatic rings. The maximum absolute atomic E-state index is 10.8. The fraction of sp³-hybridized carbons (Fsp3) is 0. The topological polar surface area (TPSA) is 294 Å². The average molecular weight is 591 g/mol. The van der Waals surface area contributed by atoms with Crippen molar-refractivity contribution in [3.05, 3.63) is 97.1 Å². The lowest BCUT2D eigenvalue weighted by molar-refractivity contribution is -0.117. The van der Waals surface area contributed by atoms with Crippen LogP contribution in [0.15, 0.2) is 106 Å². The van der Waals surface area contributed by atoms with Crippen molar-refractivity contribution in [1.29, 1.82) is 0 Å². The van der Waals surface area contributed by atoms with Gasteiger partial charge in [-0.3, -0.25) is 33.8 Å². The van der Waals surface area contributed by atoms with Crippen LogP contribution in [-0.2, 0) is 20.2 Å². The molecule has 0 bridgehead atoms. The van der Waals surface area contributed by atoms with Gasteiger partial charge in [0.1, 0.15) is 20.2 Å². The minimum Gasteiger partial charge on any atom is -0.744 e. The number of hydrogen-bond acceptors (Lipinski definition) is 8. The molecule has 0 aliphatic heterocycles. The Morgan fingerprint density at radius 2 is 0.825 bits per heavy atom. The molecule has 0 spiro atoms. The third-order valence-electron chi connectivity index (χ3n) is 3.94. The van der Waals surface area contributed by atoms with Crippen LogP contribution in [0.5, 0.6) is 0 Å². The summed E-state index contributed by atoms with van der Waals surface area (Å²) in [5.74, 6) is -0.167. The van der Waals surface area contributed by atoms with E-state index < -0.39 is 20.2 Å². The van der Waals surface area contributed by atoms with E-state index in [1.807, 2.05) is 36.4 Å². The summed E-state index contributed by atoms with van der Waals surface area (Å²) in [6, 6.07) is 17.7. The fourth-order valence-electron chi connectivity index (χ4n) is 2.24. The lowest BCUT2D eigenvalue weighted by atomic mass is 10.1. The highest BCUT2D eigenvalue weighted by molar-refractivity contribution is 7.86. The minimum atomic E-state index is -4.51. The summed E-state index contributed by atoms with van der Waals surface area (Å²) >= 11 is 0. The zero-order chi connectivity index (χ0) is 30.9. The Kier molecular flexibility index (Phi) is 14.8. The van der Waals surface area contributed by atoms with E-state index >= 15 is 0 Å². The second kappa shape index (κ2) is 16.8. The Bertz CT molecular complexity index is 1400. The van der Waals surface area contributed by atoms with Crippen molar-refractivity contribution in [3.63, 3.8) is 0 Å². The molecule has 0 atom stereocenters. The van der Waals surface area contributed by atoms with E-state index in [4.69, 9.17) is 0 Å². The molecule has 3 aromatic carbocycles. The summed E-state index contributed by atoms with van der Waals surface area (Å²) in [7, 11) is -9.03. The quantitative estimate of drug-likeness (QED) is 0.0873. The highest BCUT2D eigenvalue weighted by Crippen LogP contribution is 2.21. The zero-order valence-corrected chi connectivity index (χ0v) is 22.8. The van der Waals surface area contributed by atoms with E-state index in [0.29, 0.717) is 11.4 Å². The number of hydrogen-bond donors (Lipinski definition) is 6. The van der Waals surface area contributed by atoms with Gasteiger partial charge >= 0.3 is 11.9 Å². The van der Waals surface area contributed by atoms with E-state index in [0.717, 1.165) is 35.4 Å². The molecule has 14 nitrogen and oxygen atoms in total. The summed E-state index contributed by atoms with van der Waals surface area (Å²) < 4.78 is 64.5. The maximum Gasteiger partial charge on any atom is 0.336 e. The fourth-order valence-corrected chi connectivity index (χ4v) is 3.18. The van der Waals surface area contributed by atoms with Crippen LogP contribution in [0.3, 0.4) is 0 Å². The van der Waals surface area contributed by atoms with Crippen LogP contribution in [0.1, 0.15) is 11.1 Å². The van der Waals surface area contributed by atoms with Crippen LogP contribution in [0, 0.1) is 0 Å². The number of azo groups is 1. The van der Waals surface area contributed by atoms with Gasteiger partial charge in [-0.2, -0.15) is 10.2 Å². The van der Waals surface area contributed by atoms with Crippen molar-refractivity contribution in [2.45, 2.75) is 9.79 Å². The van der Waals surface area contributed by atoms with Gasteiger partial charge in [-0.1, -0.05) is 49.6 Å². The van der Waals surface area contributed by atoms with Crippen LogP contribution in [0.2, 0.25) is 0 Å². The number of rotatable bonds is 6. The highest BCUT2D eigenvalue weighted by Gasteiger charge is 2.02. The van der Waals surface area contributed by atoms with Gasteiger partial charge in [0.25, 0.3) is 0 Å². The molecule has 0 fully saturated rings. The predicted molar refractivity (Wildman–Crippen MR) is 150 cm³/mol. The molecule has 12 N–H and O–H groups in total. The molecule has 0 saturated heterocycles. The summed E-state index contributed by atoms with van der Waals surface area (Å²) in [5, 5.41) is 16.8. The Labute approximate surface area is 232 Å². The van der Waals surface area contributed by atoms with Gasteiger partial charge < -0.3 is 9.11 Å². The maximum atomic E-state index is 10.8. The average Bonchev–Trinajstić information content (AvgIpc) is 2.87. The van der Waals surface area contributed by atoms with Crippen molar-refractivity contribution in [2.75, 3.05) is 0 Å². The second-order valence-corrected chi connectivity index (χ2v) is 9.93. The first kappa shape index (κ1) is 35.1. The molecule has 0 aromatic heterocycles. The predicted octanol–water partition coefficient (Wildman–Crippen LogP) is -1.08. The Hall–Kier alpha value is -4.90. The Morgan fingerprint density at radius 3 is 1.00 bits per heavy atom. The van der Waals surface area contributed by atoms with Crippen molar-refractivity contribution >= 4 is 55.7 Å². The Morgan fingerprint density at radius 1 is 0.600 bits per heavy atom. The van der Waals surface area contributed by atoms with Gasteiger partial charge in [-0.15, -0.1) is 0 Å². The molecule has 3 rings (SSSR count). The molecular formula is C24H30N8O6S2. The third-order valence-corrected chi connectivity index (χ3v) is 5.64. The van der Waals surface area contributed by atoms with Crippen molar-refractivity contribution in [3.8, 4) is 0 Å². The summed E-state index contributed by atoms with van der Waals surface area (Å²) in [6.45, 7) is 7.32. The van der Waals surface area contributed by atoms with E-state index in [-0.39, 0.29) is 21.7 Å². The van der Waals surface area contributed by atoms with Crippen molar-refractivity contribution in [1.82, 2.24) is 0 Å². The lowest BCUT2D eigenvalue weighted by Crippen LogP contribution is -2.51. The number of guanidine groups is 2. The molecule has 3 aromatic rings. The number of benzene rings is 3. The van der Waals surface area contributed by atoms with E-state index in [2.05, 4.69) is 57.1 Å². The van der Waals surface area contributed by atoms with E-state index in [1.54, 1.807) is 0 Å². The molecule has 16 heteroatoms. The van der Waals surface area contributed by atoms with Gasteiger partial charge in [-0.05, 0) is 59.7 Å². The number of nitrogens with two attached hydrogens (primary N) is 6. The molecule has 0 unspecified atom stereocenters. The Balaban J connectivity index is 0.000000693. The van der Waals surface area contributed by atoms with Crippen LogP contribution in [0.25, 0.3) is 12.2 Å². The normalized spacial score (nSPS) is 10.3. The van der Waals surface area contributed by atoms with Crippen LogP contribution in [0.4, 0.5) is 11.4 Å². The van der Waals surface area contributed by atoms with Crippen LogP contribution < -0.4 is 33.8 Å². The van der Waals surface area contributed by atoms with Gasteiger partial charge in [0.2, 0.25) is 0 Å². The molecule has 0 heterocycles. The van der Waals surface area contributed by atoms with Crippen molar-refractivity contribution in [2.24, 2.45) is 33.2 Å². The monoisotopic (exact) mass is 590 g/mol. The van der Waals surface area contributed by atoms with Gasteiger partial charge in [0.05, 0.1) is 21.2 Å². The molecule has 214 valence electrons. The lowest BCUT2D eigenvalue weighted by Gasteiger charge is -2.06. The van der Waals surface area contributed by atoms with Crippen molar-refractivity contribution < 1.29 is 36.8 Å². The second-order valence-electron chi connectivity index (χ2n) is 7.17. The highest BCUT2D eigenvalue weighted by atomic mass is 32.2. The smallest absolute Gasteiger partial charge is 0.336 e. The SMILES string of the molecule is C=Cc1ccc(C=C)cc1.NC(N)=[NH2+].NC(N)=[NH2+].O=S(=O)([O-])c1ccc(N=Nc2ccc(S(=O)(=O)[O-])cc2)cc1. The molecule has 40 heavy (non-hydrogen) atoms. The van der Waals surface area contributed by atoms with Gasteiger partial charge in [0.15, 0.2) is 0 Å². The molecule has 0 aliphatic carbocycles. The molecular weight excluding hydrogens is 560 g/mol. The third kappa shape index (κ3) is 16.0. The largest absolute Gasteiger partial charge is 0.744 e. The number of nitrogens with zero attached hydrogens (tertiary/aromatic N) is 2. The van der Waals surface area contributed by atoms with E-state index in [9.17, 15) is 25.9 Å². The summed E-state index contributed by atoms with van der Waals surface area (Å²) in [6.07, 6.45) is 3.65. The standard InChI is InChI=1S/C12H10N2O6S2.C10H10.2CH5N3/c15-21(16,17)11-5-1-9(2-6-11)13-14-10-3-7-12(8-4-10)22(18,19)20;1-3-9-5-7-10(4-2)8-6-9;2*2-1(3)4/h1-8H,(H,15,16,17)(H,18,19,20);3-8H,1-2H2;2*(H5,2,3,4). The minimum absolute atomic E-state index is 0.0833. The summed E-state index contributed by atoms with van der Waals surface area (Å²) in [4.78, 5) is -0.757. The van der Waals surface area contributed by atoms with Crippen LogP contribution in [-0.4, -0.2) is 37.9 Å². The zero-order valence-electron chi connectivity index (χ0n) is 21.1. The molecule has 0 saturated carbocycles. The first-order valence-electron chi connectivity index (χ1n) is 10.6. The first-order chi connectivity index (χ1) is 18.5. The first-order valence-corrected chi connectivity index (χ1v) is 13.5. The van der Waals surface area contributed by atoms with Gasteiger partial charge in [-0.25, -0.2) is 16.8 Å².